The summed E-state index contributed by atoms with van der Waals surface area (Å²) in [6, 6.07) is 5.43. The number of halogens is 2. The SMILES string of the molecule is Cc1ccc(C(=O)N2CCCC(Cl)C2)cc1Cl. The highest BCUT2D eigenvalue weighted by Crippen LogP contribution is 2.21. The molecule has 92 valence electrons. The molecule has 0 N–H and O–H groups in total. The number of benzene rings is 1. The van der Waals surface area contributed by atoms with Crippen molar-refractivity contribution < 1.29 is 4.79 Å². The van der Waals surface area contributed by atoms with Crippen LogP contribution in [0.15, 0.2) is 18.2 Å². The molecule has 1 fully saturated rings. The van der Waals surface area contributed by atoms with Gasteiger partial charge in [0, 0.05) is 23.7 Å². The van der Waals surface area contributed by atoms with E-state index in [9.17, 15) is 4.79 Å². The number of hydrogen-bond donors (Lipinski definition) is 0. The Bertz CT molecular complexity index is 433. The van der Waals surface area contributed by atoms with Gasteiger partial charge in [-0.3, -0.25) is 4.79 Å². The van der Waals surface area contributed by atoms with Gasteiger partial charge in [-0.2, -0.15) is 0 Å². The smallest absolute Gasteiger partial charge is 0.253 e. The van der Waals surface area contributed by atoms with Crippen LogP contribution in [0.4, 0.5) is 0 Å². The quantitative estimate of drug-likeness (QED) is 0.716. The maximum Gasteiger partial charge on any atom is 0.253 e. The molecule has 0 radical (unpaired) electrons. The molecular weight excluding hydrogens is 257 g/mol. The molecule has 2 rings (SSSR count). The van der Waals surface area contributed by atoms with Crippen LogP contribution in [0.25, 0.3) is 0 Å². The largest absolute Gasteiger partial charge is 0.337 e. The van der Waals surface area contributed by atoms with Crippen LogP contribution in [0, 0.1) is 6.92 Å². The number of likely N-dealkylation sites (tertiary alicyclic amines) is 1. The molecule has 2 nitrogen and oxygen atoms in total. The van der Waals surface area contributed by atoms with Crippen molar-refractivity contribution in [3.8, 4) is 0 Å². The molecule has 17 heavy (non-hydrogen) atoms. The van der Waals surface area contributed by atoms with Crippen LogP contribution in [-0.2, 0) is 0 Å². The highest BCUT2D eigenvalue weighted by molar-refractivity contribution is 6.31. The summed E-state index contributed by atoms with van der Waals surface area (Å²) in [6.45, 7) is 3.34. The summed E-state index contributed by atoms with van der Waals surface area (Å²) >= 11 is 12.1. The zero-order chi connectivity index (χ0) is 12.4. The van der Waals surface area contributed by atoms with E-state index >= 15 is 0 Å². The van der Waals surface area contributed by atoms with Crippen LogP contribution in [-0.4, -0.2) is 29.3 Å². The third-order valence-corrected chi connectivity index (χ3v) is 3.83. The van der Waals surface area contributed by atoms with Gasteiger partial charge in [-0.1, -0.05) is 17.7 Å². The molecule has 0 saturated carbocycles. The Balaban J connectivity index is 2.15. The molecule has 0 aliphatic carbocycles. The number of rotatable bonds is 1. The third-order valence-electron chi connectivity index (χ3n) is 3.07. The van der Waals surface area contributed by atoms with Gasteiger partial charge in [-0.25, -0.2) is 0 Å². The van der Waals surface area contributed by atoms with Crippen LogP contribution in [0.2, 0.25) is 5.02 Å². The summed E-state index contributed by atoms with van der Waals surface area (Å²) in [5, 5.41) is 0.712. The second-order valence-electron chi connectivity index (χ2n) is 4.45. The molecule has 0 bridgehead atoms. The lowest BCUT2D eigenvalue weighted by atomic mass is 10.1. The summed E-state index contributed by atoms with van der Waals surface area (Å²) in [6.07, 6.45) is 1.96. The zero-order valence-electron chi connectivity index (χ0n) is 9.75. The Morgan fingerprint density at radius 3 is 2.88 bits per heavy atom. The van der Waals surface area contributed by atoms with Crippen LogP contribution in [0.5, 0.6) is 0 Å². The van der Waals surface area contributed by atoms with Gasteiger partial charge in [0.05, 0.1) is 5.38 Å². The highest BCUT2D eigenvalue weighted by atomic mass is 35.5. The van der Waals surface area contributed by atoms with E-state index in [0.29, 0.717) is 17.1 Å². The van der Waals surface area contributed by atoms with Gasteiger partial charge in [-0.05, 0) is 37.5 Å². The van der Waals surface area contributed by atoms with Crippen LogP contribution in [0.3, 0.4) is 0 Å². The summed E-state index contributed by atoms with van der Waals surface area (Å²) in [5.74, 6) is 0.0252. The van der Waals surface area contributed by atoms with E-state index in [1.165, 1.54) is 0 Å². The van der Waals surface area contributed by atoms with Crippen molar-refractivity contribution in [3.63, 3.8) is 0 Å². The Labute approximate surface area is 112 Å². The van der Waals surface area contributed by atoms with E-state index in [2.05, 4.69) is 0 Å². The monoisotopic (exact) mass is 271 g/mol. The van der Waals surface area contributed by atoms with Gasteiger partial charge < -0.3 is 4.90 Å². The van der Waals surface area contributed by atoms with Crippen molar-refractivity contribution in [3.05, 3.63) is 34.3 Å². The van der Waals surface area contributed by atoms with E-state index < -0.39 is 0 Å². The lowest BCUT2D eigenvalue weighted by Crippen LogP contribution is -2.40. The van der Waals surface area contributed by atoms with Crippen molar-refractivity contribution in [1.29, 1.82) is 0 Å². The number of carbonyl (C=O) groups is 1. The second-order valence-corrected chi connectivity index (χ2v) is 5.48. The molecule has 1 aromatic carbocycles. The van der Waals surface area contributed by atoms with Gasteiger partial charge in [0.15, 0.2) is 0 Å². The third kappa shape index (κ3) is 2.93. The second kappa shape index (κ2) is 5.28. The summed E-state index contributed by atoms with van der Waals surface area (Å²) in [5.41, 5.74) is 1.63. The molecule has 1 aliphatic rings. The molecule has 1 aliphatic heterocycles. The van der Waals surface area contributed by atoms with E-state index in [0.717, 1.165) is 24.9 Å². The number of alkyl halides is 1. The van der Waals surface area contributed by atoms with Crippen molar-refractivity contribution in [2.75, 3.05) is 13.1 Å². The Kier molecular flexibility index (Phi) is 3.95. The van der Waals surface area contributed by atoms with Crippen LogP contribution < -0.4 is 0 Å². The first kappa shape index (κ1) is 12.7. The fraction of sp³-hybridized carbons (Fsp3) is 0.462. The number of piperidine rings is 1. The van der Waals surface area contributed by atoms with Crippen molar-refractivity contribution in [2.24, 2.45) is 0 Å². The molecule has 1 saturated heterocycles. The zero-order valence-corrected chi connectivity index (χ0v) is 11.3. The average Bonchev–Trinajstić information content (AvgIpc) is 2.32. The molecule has 1 aromatic rings. The number of aryl methyl sites for hydroxylation is 1. The molecule has 0 spiro atoms. The lowest BCUT2D eigenvalue weighted by Gasteiger charge is -2.29. The van der Waals surface area contributed by atoms with E-state index in [1.807, 2.05) is 24.0 Å². The number of amides is 1. The van der Waals surface area contributed by atoms with E-state index in [1.54, 1.807) is 6.07 Å². The van der Waals surface area contributed by atoms with Crippen molar-refractivity contribution >= 4 is 29.1 Å². The molecular formula is C13H15Cl2NO. The first-order valence-corrected chi connectivity index (χ1v) is 6.59. The highest BCUT2D eigenvalue weighted by Gasteiger charge is 2.23. The van der Waals surface area contributed by atoms with E-state index in [-0.39, 0.29) is 11.3 Å². The van der Waals surface area contributed by atoms with Crippen molar-refractivity contribution in [1.82, 2.24) is 4.90 Å². The average molecular weight is 272 g/mol. The fourth-order valence-electron chi connectivity index (χ4n) is 2.02. The minimum Gasteiger partial charge on any atom is -0.337 e. The molecule has 4 heteroatoms. The van der Waals surface area contributed by atoms with Gasteiger partial charge in [-0.15, -0.1) is 11.6 Å². The molecule has 1 heterocycles. The summed E-state index contributed by atoms with van der Waals surface area (Å²) < 4.78 is 0. The number of hydrogen-bond acceptors (Lipinski definition) is 1. The van der Waals surface area contributed by atoms with Gasteiger partial charge in [0.2, 0.25) is 0 Å². The van der Waals surface area contributed by atoms with Gasteiger partial charge in [0.1, 0.15) is 0 Å². The minimum atomic E-state index is 0.0252. The Hall–Kier alpha value is -0.730. The summed E-state index contributed by atoms with van der Waals surface area (Å²) in [7, 11) is 0. The van der Waals surface area contributed by atoms with E-state index in [4.69, 9.17) is 23.2 Å². The standard InChI is InChI=1S/C13H15Cl2NO/c1-9-4-5-10(7-12(9)15)13(17)16-6-2-3-11(14)8-16/h4-5,7,11H,2-3,6,8H2,1H3. The molecule has 0 aromatic heterocycles. The van der Waals surface area contributed by atoms with Crippen LogP contribution >= 0.6 is 23.2 Å². The summed E-state index contributed by atoms with van der Waals surface area (Å²) in [4.78, 5) is 14.0. The molecule has 1 atom stereocenters. The first-order chi connectivity index (χ1) is 8.08. The molecule has 1 unspecified atom stereocenters. The van der Waals surface area contributed by atoms with Crippen molar-refractivity contribution in [2.45, 2.75) is 25.1 Å². The minimum absolute atomic E-state index is 0.0252. The van der Waals surface area contributed by atoms with Gasteiger partial charge >= 0.3 is 0 Å². The number of nitrogens with zero attached hydrogens (tertiary/aromatic N) is 1. The topological polar surface area (TPSA) is 20.3 Å². The van der Waals surface area contributed by atoms with Gasteiger partial charge in [0.25, 0.3) is 5.91 Å². The maximum absolute atomic E-state index is 12.2. The lowest BCUT2D eigenvalue weighted by molar-refractivity contribution is 0.0727. The predicted molar refractivity (Wildman–Crippen MR) is 71.0 cm³/mol. The Morgan fingerprint density at radius 1 is 1.47 bits per heavy atom. The normalized spacial score (nSPS) is 20.4. The van der Waals surface area contributed by atoms with Crippen LogP contribution in [0.1, 0.15) is 28.8 Å². The molecule has 1 amide bonds. The fourth-order valence-corrected chi connectivity index (χ4v) is 2.52. The number of carbonyl (C=O) groups excluding carboxylic acids is 1. The Morgan fingerprint density at radius 2 is 2.24 bits per heavy atom. The predicted octanol–water partition coefficient (Wildman–Crippen LogP) is 3.49. The first-order valence-electron chi connectivity index (χ1n) is 5.77. The maximum atomic E-state index is 12.2.